The first-order valence-electron chi connectivity index (χ1n) is 9.12. The number of carbonyl (C=O) groups excluding carboxylic acids is 1. The number of carboxylic acids is 1. The van der Waals surface area contributed by atoms with Gasteiger partial charge in [-0.15, -0.1) is 0 Å². The van der Waals surface area contributed by atoms with Crippen LogP contribution in [-0.2, 0) is 16.1 Å². The van der Waals surface area contributed by atoms with Gasteiger partial charge in [-0.05, 0) is 28.7 Å². The summed E-state index contributed by atoms with van der Waals surface area (Å²) in [4.78, 5) is 24.1. The normalized spacial score (nSPS) is 16.5. The second-order valence-corrected chi connectivity index (χ2v) is 6.99. The van der Waals surface area contributed by atoms with Gasteiger partial charge in [0, 0.05) is 6.54 Å². The van der Waals surface area contributed by atoms with Gasteiger partial charge in [0.25, 0.3) is 0 Å². The molecule has 1 saturated carbocycles. The Labute approximate surface area is 148 Å². The van der Waals surface area contributed by atoms with E-state index in [1.165, 1.54) is 6.42 Å². The number of benzene rings is 2. The fraction of sp³-hybridized carbons (Fsp3) is 0.429. The summed E-state index contributed by atoms with van der Waals surface area (Å²) in [6, 6.07) is 14.0. The van der Waals surface area contributed by atoms with Gasteiger partial charge in [0.2, 0.25) is 5.91 Å². The fourth-order valence-corrected chi connectivity index (χ4v) is 3.83. The Morgan fingerprint density at radius 2 is 1.76 bits per heavy atom. The van der Waals surface area contributed by atoms with E-state index in [1.807, 2.05) is 42.5 Å². The van der Waals surface area contributed by atoms with Gasteiger partial charge in [-0.3, -0.25) is 9.59 Å². The van der Waals surface area contributed by atoms with Crippen molar-refractivity contribution in [3.63, 3.8) is 0 Å². The average Bonchev–Trinajstić information content (AvgIpc) is 2.64. The van der Waals surface area contributed by atoms with Crippen LogP contribution in [0.1, 0.15) is 44.1 Å². The third-order valence-electron chi connectivity index (χ3n) is 5.24. The molecular weight excluding hydrogens is 314 g/mol. The molecule has 0 bridgehead atoms. The highest BCUT2D eigenvalue weighted by Crippen LogP contribution is 2.29. The lowest BCUT2D eigenvalue weighted by molar-refractivity contribution is -0.148. The van der Waals surface area contributed by atoms with Crippen LogP contribution in [0.2, 0.25) is 0 Å². The minimum absolute atomic E-state index is 0.356. The molecule has 132 valence electrons. The molecule has 0 radical (unpaired) electrons. The van der Waals surface area contributed by atoms with E-state index in [2.05, 4.69) is 5.32 Å². The maximum atomic E-state index is 12.5. The highest BCUT2D eigenvalue weighted by Gasteiger charge is 2.30. The molecule has 0 spiro atoms. The number of aliphatic carboxylic acids is 1. The molecule has 0 saturated heterocycles. The second-order valence-electron chi connectivity index (χ2n) is 6.99. The van der Waals surface area contributed by atoms with Crippen LogP contribution in [0.5, 0.6) is 0 Å². The average molecular weight is 339 g/mol. The van der Waals surface area contributed by atoms with Crippen molar-refractivity contribution < 1.29 is 14.7 Å². The highest BCUT2D eigenvalue weighted by molar-refractivity contribution is 5.97. The molecule has 2 N–H and O–H groups in total. The smallest absolute Gasteiger partial charge is 0.316 e. The molecule has 0 aliphatic heterocycles. The summed E-state index contributed by atoms with van der Waals surface area (Å²) >= 11 is 0. The highest BCUT2D eigenvalue weighted by atomic mass is 16.4. The number of fused-ring (bicyclic) bond motifs is 1. The predicted molar refractivity (Wildman–Crippen MR) is 98.1 cm³/mol. The maximum Gasteiger partial charge on any atom is 0.316 e. The molecule has 3 rings (SSSR count). The molecule has 25 heavy (non-hydrogen) atoms. The van der Waals surface area contributed by atoms with E-state index < -0.39 is 11.9 Å². The summed E-state index contributed by atoms with van der Waals surface area (Å²) in [5.41, 5.74) is 1.01. The Morgan fingerprint density at radius 3 is 2.52 bits per heavy atom. The van der Waals surface area contributed by atoms with Crippen molar-refractivity contribution >= 4 is 22.6 Å². The molecule has 4 heteroatoms. The zero-order valence-electron chi connectivity index (χ0n) is 14.4. The second kappa shape index (κ2) is 8.15. The Bertz CT molecular complexity index is 744. The van der Waals surface area contributed by atoms with Gasteiger partial charge in [0.15, 0.2) is 0 Å². The Morgan fingerprint density at radius 1 is 1.04 bits per heavy atom. The maximum absolute atomic E-state index is 12.5. The lowest BCUT2D eigenvalue weighted by atomic mass is 9.82. The summed E-state index contributed by atoms with van der Waals surface area (Å²) in [5.74, 6) is -1.97. The summed E-state index contributed by atoms with van der Waals surface area (Å²) in [6.45, 7) is 0.356. The first-order valence-corrected chi connectivity index (χ1v) is 9.12. The van der Waals surface area contributed by atoms with E-state index in [9.17, 15) is 14.7 Å². The summed E-state index contributed by atoms with van der Waals surface area (Å²) in [7, 11) is 0. The quantitative estimate of drug-likeness (QED) is 0.778. The first kappa shape index (κ1) is 17.5. The van der Waals surface area contributed by atoms with Crippen LogP contribution in [0.3, 0.4) is 0 Å². The number of hydrogen-bond acceptors (Lipinski definition) is 2. The van der Waals surface area contributed by atoms with Crippen LogP contribution in [0.4, 0.5) is 0 Å². The van der Waals surface area contributed by atoms with Crippen LogP contribution in [0, 0.1) is 11.8 Å². The molecule has 2 aromatic rings. The Kier molecular flexibility index (Phi) is 5.69. The largest absolute Gasteiger partial charge is 0.481 e. The van der Waals surface area contributed by atoms with Crippen LogP contribution in [0.15, 0.2) is 42.5 Å². The lowest BCUT2D eigenvalue weighted by Crippen LogP contribution is -2.36. The zero-order chi connectivity index (χ0) is 17.6. The van der Waals surface area contributed by atoms with Gasteiger partial charge in [-0.1, -0.05) is 74.6 Å². The lowest BCUT2D eigenvalue weighted by Gasteiger charge is -2.24. The molecule has 0 aromatic heterocycles. The topological polar surface area (TPSA) is 66.4 Å². The third kappa shape index (κ3) is 4.38. The number of hydrogen-bond donors (Lipinski definition) is 2. The predicted octanol–water partition coefficient (Wildman–Crippen LogP) is 4.13. The van der Waals surface area contributed by atoms with E-state index in [0.29, 0.717) is 18.9 Å². The van der Waals surface area contributed by atoms with Gasteiger partial charge in [-0.2, -0.15) is 0 Å². The van der Waals surface area contributed by atoms with Crippen molar-refractivity contribution in [3.05, 3.63) is 48.0 Å². The van der Waals surface area contributed by atoms with Crippen LogP contribution in [0.25, 0.3) is 10.8 Å². The van der Waals surface area contributed by atoms with E-state index in [4.69, 9.17) is 0 Å². The first-order chi connectivity index (χ1) is 12.1. The molecule has 1 fully saturated rings. The molecule has 0 heterocycles. The Balaban J connectivity index is 1.65. The number of amides is 1. The molecule has 4 nitrogen and oxygen atoms in total. The van der Waals surface area contributed by atoms with Crippen LogP contribution in [-0.4, -0.2) is 17.0 Å². The minimum Gasteiger partial charge on any atom is -0.481 e. The molecule has 1 aliphatic rings. The van der Waals surface area contributed by atoms with E-state index in [-0.39, 0.29) is 5.91 Å². The van der Waals surface area contributed by atoms with Gasteiger partial charge >= 0.3 is 5.97 Å². The van der Waals surface area contributed by atoms with E-state index >= 15 is 0 Å². The summed E-state index contributed by atoms with van der Waals surface area (Å²) < 4.78 is 0. The van der Waals surface area contributed by atoms with Crippen molar-refractivity contribution in [3.8, 4) is 0 Å². The third-order valence-corrected chi connectivity index (χ3v) is 5.24. The fourth-order valence-electron chi connectivity index (χ4n) is 3.83. The van der Waals surface area contributed by atoms with Crippen LogP contribution >= 0.6 is 0 Å². The molecule has 1 amide bonds. The SMILES string of the molecule is O=C(O)C(CC1CCCCC1)C(=O)NCc1cccc2ccccc12. The van der Waals surface area contributed by atoms with Crippen molar-refractivity contribution in [1.29, 1.82) is 0 Å². The van der Waals surface area contributed by atoms with E-state index in [0.717, 1.165) is 42.0 Å². The van der Waals surface area contributed by atoms with Crippen LogP contribution < -0.4 is 5.32 Å². The molecule has 1 unspecified atom stereocenters. The molecular formula is C21H25NO3. The monoisotopic (exact) mass is 339 g/mol. The number of rotatable bonds is 6. The standard InChI is InChI=1S/C21H25NO3/c23-20(19(21(24)25)13-15-7-2-1-3-8-15)22-14-17-11-6-10-16-9-4-5-12-18(16)17/h4-6,9-12,15,19H,1-3,7-8,13-14H2,(H,22,23)(H,24,25). The molecule has 1 atom stereocenters. The number of carboxylic acid groups (broad SMARTS) is 1. The van der Waals surface area contributed by atoms with Gasteiger partial charge < -0.3 is 10.4 Å². The van der Waals surface area contributed by atoms with Crippen molar-refractivity contribution in [2.45, 2.75) is 45.1 Å². The van der Waals surface area contributed by atoms with Crippen molar-refractivity contribution in [2.24, 2.45) is 11.8 Å². The summed E-state index contributed by atoms with van der Waals surface area (Å²) in [5, 5.41) is 14.5. The zero-order valence-corrected chi connectivity index (χ0v) is 14.4. The minimum atomic E-state index is -1.01. The summed E-state index contributed by atoms with van der Waals surface area (Å²) in [6.07, 6.45) is 6.06. The number of carbonyl (C=O) groups is 2. The van der Waals surface area contributed by atoms with Gasteiger partial charge in [0.1, 0.15) is 5.92 Å². The molecule has 2 aromatic carbocycles. The van der Waals surface area contributed by atoms with Crippen molar-refractivity contribution in [1.82, 2.24) is 5.32 Å². The number of nitrogens with one attached hydrogen (secondary N) is 1. The Hall–Kier alpha value is -2.36. The van der Waals surface area contributed by atoms with Gasteiger partial charge in [-0.25, -0.2) is 0 Å². The van der Waals surface area contributed by atoms with E-state index in [1.54, 1.807) is 0 Å². The van der Waals surface area contributed by atoms with Gasteiger partial charge in [0.05, 0.1) is 0 Å². The molecule has 1 aliphatic carbocycles. The van der Waals surface area contributed by atoms with Crippen molar-refractivity contribution in [2.75, 3.05) is 0 Å².